The van der Waals surface area contributed by atoms with Crippen LogP contribution in [0.1, 0.15) is 47.2 Å². The summed E-state index contributed by atoms with van der Waals surface area (Å²) in [6, 6.07) is 99.7. The molecular formula is C72H50N2. The van der Waals surface area contributed by atoms with Gasteiger partial charge >= 0.3 is 0 Å². The first kappa shape index (κ1) is 42.4. The van der Waals surface area contributed by atoms with E-state index in [0.717, 1.165) is 22.7 Å². The number of para-hydroxylation sites is 1. The van der Waals surface area contributed by atoms with Gasteiger partial charge in [0.25, 0.3) is 0 Å². The Labute approximate surface area is 431 Å². The zero-order valence-corrected chi connectivity index (χ0v) is 41.3. The van der Waals surface area contributed by atoms with E-state index >= 15 is 0 Å². The van der Waals surface area contributed by atoms with Crippen molar-refractivity contribution >= 4 is 60.4 Å². The highest BCUT2D eigenvalue weighted by Gasteiger charge is 2.46. The van der Waals surface area contributed by atoms with Crippen LogP contribution in [0.3, 0.4) is 0 Å². The molecule has 15 rings (SSSR count). The van der Waals surface area contributed by atoms with Crippen molar-refractivity contribution in [1.82, 2.24) is 4.57 Å². The molecule has 0 radical (unpaired) electrons. The van der Waals surface area contributed by atoms with E-state index in [4.69, 9.17) is 0 Å². The second-order valence-electron chi connectivity index (χ2n) is 20.8. The van der Waals surface area contributed by atoms with Crippen molar-refractivity contribution in [3.8, 4) is 39.1 Å². The van der Waals surface area contributed by atoms with Crippen LogP contribution in [0.5, 0.6) is 0 Å². The van der Waals surface area contributed by atoms with Crippen molar-refractivity contribution in [2.45, 2.75) is 24.7 Å². The summed E-state index contributed by atoms with van der Waals surface area (Å²) < 4.78 is 2.44. The number of hydrogen-bond donors (Lipinski definition) is 0. The molecule has 2 aliphatic carbocycles. The van der Waals surface area contributed by atoms with Crippen LogP contribution in [-0.4, -0.2) is 4.57 Å². The van der Waals surface area contributed by atoms with Gasteiger partial charge in [-0.3, -0.25) is 0 Å². The second kappa shape index (κ2) is 16.1. The van der Waals surface area contributed by atoms with Crippen LogP contribution in [0.4, 0.5) is 17.1 Å². The summed E-state index contributed by atoms with van der Waals surface area (Å²) in [6.07, 6.45) is 0. The molecule has 0 fully saturated rings. The predicted molar refractivity (Wildman–Crippen MR) is 311 cm³/mol. The summed E-state index contributed by atoms with van der Waals surface area (Å²) >= 11 is 0. The molecule has 13 aromatic rings. The lowest BCUT2D eigenvalue weighted by atomic mass is 9.67. The smallest absolute Gasteiger partial charge is 0.0713 e. The van der Waals surface area contributed by atoms with E-state index in [1.54, 1.807) is 0 Å². The number of benzene rings is 12. The Morgan fingerprint density at radius 3 is 1.58 bits per heavy atom. The number of aromatic nitrogens is 1. The molecule has 74 heavy (non-hydrogen) atoms. The summed E-state index contributed by atoms with van der Waals surface area (Å²) in [5, 5.41) is 7.46. The van der Waals surface area contributed by atoms with Gasteiger partial charge in [-0.1, -0.05) is 208 Å². The van der Waals surface area contributed by atoms with Crippen molar-refractivity contribution in [2.24, 2.45) is 0 Å². The lowest BCUT2D eigenvalue weighted by Gasteiger charge is -2.34. The van der Waals surface area contributed by atoms with Gasteiger partial charge in [0.1, 0.15) is 0 Å². The summed E-state index contributed by atoms with van der Waals surface area (Å²) in [6.45, 7) is 4.71. The third-order valence-electron chi connectivity index (χ3n) is 16.6. The zero-order valence-electron chi connectivity index (χ0n) is 41.3. The molecule has 0 spiro atoms. The van der Waals surface area contributed by atoms with E-state index in [9.17, 15) is 0 Å². The monoisotopic (exact) mass is 942 g/mol. The van der Waals surface area contributed by atoms with Crippen LogP contribution >= 0.6 is 0 Å². The number of fused-ring (bicyclic) bond motifs is 12. The molecular weight excluding hydrogens is 893 g/mol. The maximum absolute atomic E-state index is 2.50. The highest BCUT2D eigenvalue weighted by Crippen LogP contribution is 2.57. The van der Waals surface area contributed by atoms with Crippen molar-refractivity contribution in [3.05, 3.63) is 300 Å². The third kappa shape index (κ3) is 6.12. The molecule has 0 bridgehead atoms. The van der Waals surface area contributed by atoms with Crippen LogP contribution in [0, 0.1) is 0 Å². The SMILES string of the molecule is CC1(C)c2ccccc2-c2cc(N(c3ccc(-c4ccc5c(c4)c4cc(C6(c7ccccc7)c7ccccc7-c7ccccc76)ccc4n5-c4ccccc4)cc3)c3ccc4c(ccc5ccccc54)c3)ccc21. The van der Waals surface area contributed by atoms with E-state index in [0.29, 0.717) is 0 Å². The third-order valence-corrected chi connectivity index (χ3v) is 16.6. The number of hydrogen-bond acceptors (Lipinski definition) is 1. The van der Waals surface area contributed by atoms with Gasteiger partial charge in [0.05, 0.1) is 16.4 Å². The molecule has 348 valence electrons. The minimum atomic E-state index is -0.500. The molecule has 0 atom stereocenters. The molecule has 0 saturated carbocycles. The van der Waals surface area contributed by atoms with Gasteiger partial charge in [-0.25, -0.2) is 0 Å². The molecule has 0 unspecified atom stereocenters. The Bertz CT molecular complexity index is 4340. The number of anilines is 3. The fourth-order valence-corrected chi connectivity index (χ4v) is 13.2. The topological polar surface area (TPSA) is 8.17 Å². The Morgan fingerprint density at radius 1 is 0.311 bits per heavy atom. The Hall–Kier alpha value is -9.24. The largest absolute Gasteiger partial charge is 0.310 e. The van der Waals surface area contributed by atoms with E-state index in [1.165, 1.54) is 110 Å². The van der Waals surface area contributed by atoms with Gasteiger partial charge in [0.2, 0.25) is 0 Å². The van der Waals surface area contributed by atoms with Crippen LogP contribution in [0.25, 0.3) is 82.4 Å². The van der Waals surface area contributed by atoms with Crippen LogP contribution in [0.15, 0.2) is 267 Å². The number of rotatable bonds is 7. The minimum Gasteiger partial charge on any atom is -0.310 e. The average Bonchev–Trinajstić information content (AvgIpc) is 4.04. The normalized spacial score (nSPS) is 13.8. The first-order valence-electron chi connectivity index (χ1n) is 25.9. The first-order chi connectivity index (χ1) is 36.4. The van der Waals surface area contributed by atoms with Crippen LogP contribution in [-0.2, 0) is 10.8 Å². The van der Waals surface area contributed by atoms with Gasteiger partial charge in [-0.15, -0.1) is 0 Å². The lowest BCUT2D eigenvalue weighted by molar-refractivity contribution is 0.660. The second-order valence-corrected chi connectivity index (χ2v) is 20.8. The Morgan fingerprint density at radius 2 is 0.838 bits per heavy atom. The first-order valence-corrected chi connectivity index (χ1v) is 25.9. The maximum Gasteiger partial charge on any atom is 0.0713 e. The van der Waals surface area contributed by atoms with Crippen molar-refractivity contribution < 1.29 is 0 Å². The summed E-state index contributed by atoms with van der Waals surface area (Å²) in [4.78, 5) is 2.44. The molecule has 0 N–H and O–H groups in total. The maximum atomic E-state index is 2.50. The predicted octanol–water partition coefficient (Wildman–Crippen LogP) is 18.9. The Balaban J connectivity index is 0.897. The van der Waals surface area contributed by atoms with E-state index in [-0.39, 0.29) is 5.41 Å². The number of nitrogens with zero attached hydrogens (tertiary/aromatic N) is 2. The minimum absolute atomic E-state index is 0.0757. The van der Waals surface area contributed by atoms with Gasteiger partial charge in [0.15, 0.2) is 0 Å². The zero-order chi connectivity index (χ0) is 49.1. The summed E-state index contributed by atoms with van der Waals surface area (Å²) in [5.41, 5.74) is 21.8. The molecule has 12 aromatic carbocycles. The molecule has 0 amide bonds. The fourth-order valence-electron chi connectivity index (χ4n) is 13.2. The average molecular weight is 943 g/mol. The molecule has 2 heteroatoms. The van der Waals surface area contributed by atoms with E-state index in [2.05, 4.69) is 290 Å². The summed E-state index contributed by atoms with van der Waals surface area (Å²) in [5.74, 6) is 0. The lowest BCUT2D eigenvalue weighted by Crippen LogP contribution is -2.28. The van der Waals surface area contributed by atoms with E-state index in [1.807, 2.05) is 0 Å². The van der Waals surface area contributed by atoms with Gasteiger partial charge < -0.3 is 9.47 Å². The van der Waals surface area contributed by atoms with Gasteiger partial charge in [-0.05, 0) is 161 Å². The molecule has 2 nitrogen and oxygen atoms in total. The molecule has 2 aliphatic rings. The summed E-state index contributed by atoms with van der Waals surface area (Å²) in [7, 11) is 0. The van der Waals surface area contributed by atoms with Crippen molar-refractivity contribution in [3.63, 3.8) is 0 Å². The Kier molecular flexibility index (Phi) is 9.25. The van der Waals surface area contributed by atoms with Crippen LogP contribution < -0.4 is 4.90 Å². The van der Waals surface area contributed by atoms with Gasteiger partial charge in [0, 0.05) is 38.9 Å². The molecule has 0 aliphatic heterocycles. The van der Waals surface area contributed by atoms with Crippen LogP contribution in [0.2, 0.25) is 0 Å². The quantitative estimate of drug-likeness (QED) is 0.145. The molecule has 1 heterocycles. The van der Waals surface area contributed by atoms with E-state index < -0.39 is 5.41 Å². The highest BCUT2D eigenvalue weighted by atomic mass is 15.1. The van der Waals surface area contributed by atoms with Crippen molar-refractivity contribution in [1.29, 1.82) is 0 Å². The van der Waals surface area contributed by atoms with Gasteiger partial charge in [-0.2, -0.15) is 0 Å². The molecule has 0 saturated heterocycles. The fraction of sp³-hybridized carbons (Fsp3) is 0.0556. The van der Waals surface area contributed by atoms with Crippen molar-refractivity contribution in [2.75, 3.05) is 4.90 Å². The molecule has 1 aromatic heterocycles. The standard InChI is InChI=1S/C72H50N2/c1-71(2)65-26-14-11-25-61(65)62-46-56(38-40-66(62)71)73(55-37-39-58-50(43-55)30-29-48-17-9-10-22-57(48)58)54-35-31-47(32-36-54)49-33-41-69-63(44-49)64-45-52(34-42-70(64)74(69)53-20-7-4-8-21-53)72(51-18-5-3-6-19-51)67-27-15-12-23-59(67)60-24-13-16-28-68(60)72/h3-46H,1-2H3. The highest BCUT2D eigenvalue weighted by molar-refractivity contribution is 6.12.